The van der Waals surface area contributed by atoms with Crippen molar-refractivity contribution in [3.63, 3.8) is 0 Å². The first-order valence-corrected chi connectivity index (χ1v) is 12.7. The molecule has 0 aliphatic carbocycles. The number of hydrogen-bond donors (Lipinski definition) is 1. The number of halogens is 2. The van der Waals surface area contributed by atoms with Crippen molar-refractivity contribution in [1.29, 1.82) is 0 Å². The highest BCUT2D eigenvalue weighted by molar-refractivity contribution is 7.98. The fraction of sp³-hybridized carbons (Fsp3) is 0.0800. The number of para-hydroxylation sites is 1. The summed E-state index contributed by atoms with van der Waals surface area (Å²) in [6.45, 7) is 0.267. The van der Waals surface area contributed by atoms with Gasteiger partial charge in [0.1, 0.15) is 22.3 Å². The van der Waals surface area contributed by atoms with Gasteiger partial charge in [-0.3, -0.25) is 14.3 Å². The number of carbonyl (C=O) groups is 1. The van der Waals surface area contributed by atoms with Crippen molar-refractivity contribution in [2.75, 3.05) is 0 Å². The van der Waals surface area contributed by atoms with Gasteiger partial charge < -0.3 is 5.32 Å². The van der Waals surface area contributed by atoms with Crippen LogP contribution in [0.5, 0.6) is 0 Å². The minimum atomic E-state index is -0.404. The van der Waals surface area contributed by atoms with Gasteiger partial charge in [0.05, 0.1) is 11.4 Å². The third-order valence-corrected chi connectivity index (χ3v) is 7.09. The summed E-state index contributed by atoms with van der Waals surface area (Å²) < 4.78 is 29.4. The molecule has 0 unspecified atom stereocenters. The lowest BCUT2D eigenvalue weighted by Gasteiger charge is -2.10. The van der Waals surface area contributed by atoms with Crippen LogP contribution < -0.4 is 5.32 Å². The summed E-state index contributed by atoms with van der Waals surface area (Å²) in [6.07, 6.45) is 3.30. The van der Waals surface area contributed by atoms with Crippen LogP contribution in [0, 0.1) is 11.6 Å². The molecule has 36 heavy (non-hydrogen) atoms. The standard InChI is InChI=1S/C25H18F2N6OS2/c26-18-9-7-16(8-10-18)12-29-24(34)20-14-35-22(30-20)15-36-25-32-31-23(17-4-3-11-28-13-17)33(25)21-6-2-1-5-19(21)27/h1-11,13-14H,12,15H2,(H,29,34). The predicted molar refractivity (Wildman–Crippen MR) is 134 cm³/mol. The molecule has 11 heteroatoms. The Hall–Kier alpha value is -3.96. The smallest absolute Gasteiger partial charge is 0.271 e. The molecule has 0 aliphatic heterocycles. The number of amides is 1. The molecule has 0 saturated heterocycles. The SMILES string of the molecule is O=C(NCc1ccc(F)cc1)c1csc(CSc2nnc(-c3cccnc3)n2-c2ccccc2F)n1. The number of carbonyl (C=O) groups excluding carboxylic acids is 1. The number of thiazole rings is 1. The van der Waals surface area contributed by atoms with Crippen LogP contribution in [0.4, 0.5) is 8.78 Å². The average molecular weight is 521 g/mol. The highest BCUT2D eigenvalue weighted by Crippen LogP contribution is 2.31. The van der Waals surface area contributed by atoms with Gasteiger partial charge in [0.15, 0.2) is 11.0 Å². The van der Waals surface area contributed by atoms with E-state index in [0.717, 1.165) is 5.56 Å². The molecule has 1 amide bonds. The van der Waals surface area contributed by atoms with Gasteiger partial charge in [-0.1, -0.05) is 36.0 Å². The summed E-state index contributed by atoms with van der Waals surface area (Å²) >= 11 is 2.68. The van der Waals surface area contributed by atoms with Crippen molar-refractivity contribution in [2.24, 2.45) is 0 Å². The fourth-order valence-corrected chi connectivity index (χ4v) is 5.12. The van der Waals surface area contributed by atoms with Crippen LogP contribution in [-0.2, 0) is 12.3 Å². The third-order valence-electron chi connectivity index (χ3n) is 5.12. The number of nitrogens with one attached hydrogen (secondary N) is 1. The largest absolute Gasteiger partial charge is 0.347 e. The lowest BCUT2D eigenvalue weighted by Crippen LogP contribution is -2.23. The van der Waals surface area contributed by atoms with Gasteiger partial charge in [-0.15, -0.1) is 21.5 Å². The maximum atomic E-state index is 14.7. The number of rotatable bonds is 8. The lowest BCUT2D eigenvalue weighted by atomic mass is 10.2. The molecule has 7 nitrogen and oxygen atoms in total. The molecule has 0 spiro atoms. The van der Waals surface area contributed by atoms with Gasteiger partial charge in [-0.2, -0.15) is 0 Å². The van der Waals surface area contributed by atoms with E-state index >= 15 is 0 Å². The van der Waals surface area contributed by atoms with Crippen LogP contribution in [-0.4, -0.2) is 30.6 Å². The van der Waals surface area contributed by atoms with E-state index in [0.29, 0.717) is 38.7 Å². The fourth-order valence-electron chi connectivity index (χ4n) is 3.38. The average Bonchev–Trinajstić information content (AvgIpc) is 3.55. The topological polar surface area (TPSA) is 85.6 Å². The summed E-state index contributed by atoms with van der Waals surface area (Å²) in [5.74, 6) is -0.171. The molecular formula is C25H18F2N6OS2. The molecule has 0 bridgehead atoms. The van der Waals surface area contributed by atoms with Gasteiger partial charge in [0.2, 0.25) is 0 Å². The number of nitrogens with zero attached hydrogens (tertiary/aromatic N) is 5. The Bertz CT molecular complexity index is 1490. The van der Waals surface area contributed by atoms with Crippen LogP contribution in [0.1, 0.15) is 21.1 Å². The molecular weight excluding hydrogens is 502 g/mol. The van der Waals surface area contributed by atoms with E-state index < -0.39 is 5.82 Å². The zero-order valence-electron chi connectivity index (χ0n) is 18.6. The molecule has 0 radical (unpaired) electrons. The van der Waals surface area contributed by atoms with E-state index in [4.69, 9.17) is 0 Å². The van der Waals surface area contributed by atoms with Crippen molar-refractivity contribution in [1.82, 2.24) is 30.0 Å². The highest BCUT2D eigenvalue weighted by atomic mass is 32.2. The number of pyridine rings is 1. The summed E-state index contributed by atoms with van der Waals surface area (Å²) in [5.41, 5.74) is 2.11. The second-order valence-electron chi connectivity index (χ2n) is 7.56. The number of thioether (sulfide) groups is 1. The highest BCUT2D eigenvalue weighted by Gasteiger charge is 2.19. The van der Waals surface area contributed by atoms with Crippen molar-refractivity contribution < 1.29 is 13.6 Å². The molecule has 2 aromatic carbocycles. The quantitative estimate of drug-likeness (QED) is 0.280. The van der Waals surface area contributed by atoms with Crippen molar-refractivity contribution in [3.05, 3.63) is 106 Å². The first kappa shape index (κ1) is 23.8. The maximum Gasteiger partial charge on any atom is 0.271 e. The lowest BCUT2D eigenvalue weighted by molar-refractivity contribution is 0.0946. The van der Waals surface area contributed by atoms with Crippen LogP contribution in [0.3, 0.4) is 0 Å². The van der Waals surface area contributed by atoms with Crippen molar-refractivity contribution >= 4 is 29.0 Å². The Kier molecular flexibility index (Phi) is 7.10. The van der Waals surface area contributed by atoms with E-state index in [1.165, 1.54) is 41.3 Å². The molecule has 0 saturated carbocycles. The summed E-state index contributed by atoms with van der Waals surface area (Å²) in [5, 5.41) is 14.2. The Morgan fingerprint density at radius 2 is 1.86 bits per heavy atom. The Balaban J connectivity index is 1.31. The molecule has 3 aromatic heterocycles. The number of benzene rings is 2. The second-order valence-corrected chi connectivity index (χ2v) is 9.44. The molecule has 3 heterocycles. The van der Waals surface area contributed by atoms with Gasteiger partial charge in [-0.25, -0.2) is 13.8 Å². The second kappa shape index (κ2) is 10.8. The molecule has 0 aliphatic rings. The van der Waals surface area contributed by atoms with Gasteiger partial charge in [-0.05, 0) is 42.0 Å². The van der Waals surface area contributed by atoms with Gasteiger partial charge >= 0.3 is 0 Å². The number of hydrogen-bond acceptors (Lipinski definition) is 7. The molecule has 0 fully saturated rings. The maximum absolute atomic E-state index is 14.7. The molecule has 1 N–H and O–H groups in total. The Labute approximate surface area is 213 Å². The zero-order valence-corrected chi connectivity index (χ0v) is 20.3. The van der Waals surface area contributed by atoms with Crippen LogP contribution in [0.25, 0.3) is 17.1 Å². The van der Waals surface area contributed by atoms with E-state index in [9.17, 15) is 13.6 Å². The molecule has 0 atom stereocenters. The predicted octanol–water partition coefficient (Wildman–Crippen LogP) is 5.29. The van der Waals surface area contributed by atoms with Gasteiger partial charge in [0.25, 0.3) is 5.91 Å². The van der Waals surface area contributed by atoms with E-state index in [1.807, 2.05) is 6.07 Å². The first-order chi connectivity index (χ1) is 17.6. The summed E-state index contributed by atoms with van der Waals surface area (Å²) in [7, 11) is 0. The van der Waals surface area contributed by atoms with Gasteiger partial charge in [0, 0.05) is 29.9 Å². The number of aromatic nitrogens is 5. The molecule has 5 aromatic rings. The summed E-state index contributed by atoms with van der Waals surface area (Å²) in [6, 6.07) is 16.0. The molecule has 5 rings (SSSR count). The van der Waals surface area contributed by atoms with Crippen LogP contribution >= 0.6 is 23.1 Å². The Morgan fingerprint density at radius 1 is 1.03 bits per heavy atom. The van der Waals surface area contributed by atoms with Crippen molar-refractivity contribution in [3.8, 4) is 17.1 Å². The summed E-state index contributed by atoms with van der Waals surface area (Å²) in [4.78, 5) is 21.0. The normalized spacial score (nSPS) is 10.9. The minimum Gasteiger partial charge on any atom is -0.347 e. The minimum absolute atomic E-state index is 0.267. The van der Waals surface area contributed by atoms with Crippen molar-refractivity contribution in [2.45, 2.75) is 17.5 Å². The zero-order chi connectivity index (χ0) is 24.9. The van der Waals surface area contributed by atoms with E-state index in [2.05, 4.69) is 25.5 Å². The third kappa shape index (κ3) is 5.31. The Morgan fingerprint density at radius 3 is 2.64 bits per heavy atom. The molecule has 180 valence electrons. The van der Waals surface area contributed by atoms with Crippen LogP contribution in [0.2, 0.25) is 0 Å². The van der Waals surface area contributed by atoms with E-state index in [-0.39, 0.29) is 18.3 Å². The van der Waals surface area contributed by atoms with Crippen LogP contribution in [0.15, 0.2) is 83.6 Å². The first-order valence-electron chi connectivity index (χ1n) is 10.8. The van der Waals surface area contributed by atoms with E-state index in [1.54, 1.807) is 58.7 Å². The monoisotopic (exact) mass is 520 g/mol.